The van der Waals surface area contributed by atoms with Gasteiger partial charge < -0.3 is 9.84 Å². The Balaban J connectivity index is 2.03. The summed E-state index contributed by atoms with van der Waals surface area (Å²) in [7, 11) is 0. The van der Waals surface area contributed by atoms with Crippen LogP contribution in [-0.4, -0.2) is 16.1 Å². The summed E-state index contributed by atoms with van der Waals surface area (Å²) in [5.41, 5.74) is 1.07. The van der Waals surface area contributed by atoms with Gasteiger partial charge >= 0.3 is 5.97 Å². The minimum absolute atomic E-state index is 0.0130. The molecule has 1 heterocycles. The second-order valence-electron chi connectivity index (χ2n) is 3.74. The van der Waals surface area contributed by atoms with E-state index >= 15 is 0 Å². The molecule has 0 radical (unpaired) electrons. The third-order valence-corrected chi connectivity index (χ3v) is 2.40. The molecule has 0 bridgehead atoms. The Bertz CT molecular complexity index is 630. The second-order valence-corrected chi connectivity index (χ2v) is 3.74. The Kier molecular flexibility index (Phi) is 3.74. The van der Waals surface area contributed by atoms with E-state index in [4.69, 9.17) is 15.1 Å². The summed E-state index contributed by atoms with van der Waals surface area (Å²) in [6, 6.07) is 13.4. The molecule has 2 aromatic rings. The third kappa shape index (κ3) is 3.30. The number of nitrogens with zero attached hydrogens (tertiary/aromatic N) is 2. The summed E-state index contributed by atoms with van der Waals surface area (Å²) in [5, 5.41) is 17.5. The summed E-state index contributed by atoms with van der Waals surface area (Å²) >= 11 is 0. The van der Waals surface area contributed by atoms with Crippen LogP contribution in [0.2, 0.25) is 0 Å². The summed E-state index contributed by atoms with van der Waals surface area (Å²) < 4.78 is 5.46. The molecule has 0 atom stereocenters. The molecule has 0 fully saturated rings. The molecule has 1 aromatic carbocycles. The molecule has 0 aliphatic carbocycles. The zero-order chi connectivity index (χ0) is 13.7. The van der Waals surface area contributed by atoms with Gasteiger partial charge in [-0.05, 0) is 36.4 Å². The maximum atomic E-state index is 10.8. The predicted molar refractivity (Wildman–Crippen MR) is 66.7 cm³/mol. The van der Waals surface area contributed by atoms with E-state index in [0.29, 0.717) is 17.0 Å². The number of benzene rings is 1. The molecule has 0 unspecified atom stereocenters. The number of carboxylic acids is 1. The van der Waals surface area contributed by atoms with Crippen LogP contribution in [0.4, 0.5) is 0 Å². The van der Waals surface area contributed by atoms with Crippen molar-refractivity contribution in [1.82, 2.24) is 4.98 Å². The lowest BCUT2D eigenvalue weighted by atomic mass is 10.2. The average Bonchev–Trinajstić information content (AvgIpc) is 2.46. The Morgan fingerprint density at radius 3 is 2.63 bits per heavy atom. The van der Waals surface area contributed by atoms with E-state index in [9.17, 15) is 4.79 Å². The van der Waals surface area contributed by atoms with E-state index in [1.165, 1.54) is 6.07 Å². The molecule has 0 saturated carbocycles. The molecular weight excluding hydrogens is 244 g/mol. The Morgan fingerprint density at radius 1 is 1.26 bits per heavy atom. The van der Waals surface area contributed by atoms with Crippen LogP contribution in [0, 0.1) is 11.3 Å². The minimum atomic E-state index is -1.07. The van der Waals surface area contributed by atoms with E-state index < -0.39 is 5.97 Å². The maximum Gasteiger partial charge on any atom is 0.354 e. The molecule has 0 aliphatic rings. The van der Waals surface area contributed by atoms with Crippen molar-refractivity contribution >= 4 is 5.97 Å². The van der Waals surface area contributed by atoms with E-state index in [0.717, 1.165) is 0 Å². The molecule has 0 aliphatic heterocycles. The Morgan fingerprint density at radius 2 is 2.00 bits per heavy atom. The number of pyridine rings is 1. The Hall–Kier alpha value is -2.87. The fourth-order valence-electron chi connectivity index (χ4n) is 1.46. The number of ether oxygens (including phenoxy) is 1. The van der Waals surface area contributed by atoms with Crippen molar-refractivity contribution in [2.24, 2.45) is 0 Å². The lowest BCUT2D eigenvalue weighted by Gasteiger charge is -2.06. The SMILES string of the molecule is N#Cc1ccc(OCc2cccc(C(=O)O)n2)cc1. The summed E-state index contributed by atoms with van der Waals surface area (Å²) in [6.07, 6.45) is 0. The van der Waals surface area contributed by atoms with Gasteiger partial charge in [0.05, 0.1) is 17.3 Å². The molecule has 5 heteroatoms. The van der Waals surface area contributed by atoms with Gasteiger partial charge in [-0.2, -0.15) is 5.26 Å². The second kappa shape index (κ2) is 5.65. The van der Waals surface area contributed by atoms with Crippen LogP contribution in [-0.2, 0) is 6.61 Å². The van der Waals surface area contributed by atoms with Crippen LogP contribution in [0.1, 0.15) is 21.7 Å². The maximum absolute atomic E-state index is 10.8. The topological polar surface area (TPSA) is 83.2 Å². The van der Waals surface area contributed by atoms with E-state index in [1.54, 1.807) is 36.4 Å². The first-order valence-electron chi connectivity index (χ1n) is 5.51. The smallest absolute Gasteiger partial charge is 0.354 e. The van der Waals surface area contributed by atoms with Crippen molar-refractivity contribution in [2.75, 3.05) is 0 Å². The van der Waals surface area contributed by atoms with Gasteiger partial charge in [0.25, 0.3) is 0 Å². The summed E-state index contributed by atoms with van der Waals surface area (Å²) in [4.78, 5) is 14.7. The van der Waals surface area contributed by atoms with Crippen molar-refractivity contribution in [1.29, 1.82) is 5.26 Å². The molecular formula is C14H10N2O3. The van der Waals surface area contributed by atoms with Gasteiger partial charge in [-0.1, -0.05) is 6.07 Å². The fourth-order valence-corrected chi connectivity index (χ4v) is 1.46. The molecule has 0 spiro atoms. The summed E-state index contributed by atoms with van der Waals surface area (Å²) in [6.45, 7) is 0.174. The van der Waals surface area contributed by atoms with Crippen LogP contribution in [0.25, 0.3) is 0 Å². The van der Waals surface area contributed by atoms with E-state index in [-0.39, 0.29) is 12.3 Å². The zero-order valence-electron chi connectivity index (χ0n) is 9.91. The molecule has 0 saturated heterocycles. The number of hydrogen-bond donors (Lipinski definition) is 1. The normalized spacial score (nSPS) is 9.63. The highest BCUT2D eigenvalue weighted by molar-refractivity contribution is 5.85. The molecule has 0 amide bonds. The largest absolute Gasteiger partial charge is 0.487 e. The lowest BCUT2D eigenvalue weighted by Crippen LogP contribution is -2.04. The highest BCUT2D eigenvalue weighted by atomic mass is 16.5. The average molecular weight is 254 g/mol. The van der Waals surface area contributed by atoms with Gasteiger partial charge in [0.1, 0.15) is 18.1 Å². The lowest BCUT2D eigenvalue weighted by molar-refractivity contribution is 0.0690. The van der Waals surface area contributed by atoms with E-state index in [2.05, 4.69) is 4.98 Å². The molecule has 1 aromatic heterocycles. The fraction of sp³-hybridized carbons (Fsp3) is 0.0714. The van der Waals surface area contributed by atoms with Gasteiger partial charge in [0, 0.05) is 0 Å². The quantitative estimate of drug-likeness (QED) is 0.904. The minimum Gasteiger partial charge on any atom is -0.487 e. The Labute approximate surface area is 109 Å². The van der Waals surface area contributed by atoms with Gasteiger partial charge in [0.15, 0.2) is 0 Å². The van der Waals surface area contributed by atoms with Crippen LogP contribution >= 0.6 is 0 Å². The van der Waals surface area contributed by atoms with E-state index in [1.807, 2.05) is 6.07 Å². The van der Waals surface area contributed by atoms with Gasteiger partial charge in [-0.3, -0.25) is 0 Å². The molecule has 94 valence electrons. The van der Waals surface area contributed by atoms with Crippen molar-refractivity contribution in [2.45, 2.75) is 6.61 Å². The number of aromatic nitrogens is 1. The van der Waals surface area contributed by atoms with Crippen molar-refractivity contribution in [3.63, 3.8) is 0 Å². The molecule has 5 nitrogen and oxygen atoms in total. The van der Waals surface area contributed by atoms with Crippen molar-refractivity contribution < 1.29 is 14.6 Å². The number of hydrogen-bond acceptors (Lipinski definition) is 4. The molecule has 19 heavy (non-hydrogen) atoms. The third-order valence-electron chi connectivity index (χ3n) is 2.40. The monoisotopic (exact) mass is 254 g/mol. The number of aromatic carboxylic acids is 1. The number of carboxylic acid groups (broad SMARTS) is 1. The van der Waals surface area contributed by atoms with Gasteiger partial charge in [-0.25, -0.2) is 9.78 Å². The highest BCUT2D eigenvalue weighted by Crippen LogP contribution is 2.13. The molecule has 2 rings (SSSR count). The van der Waals surface area contributed by atoms with Crippen LogP contribution in [0.15, 0.2) is 42.5 Å². The van der Waals surface area contributed by atoms with Crippen LogP contribution < -0.4 is 4.74 Å². The van der Waals surface area contributed by atoms with Gasteiger partial charge in [-0.15, -0.1) is 0 Å². The first-order valence-corrected chi connectivity index (χ1v) is 5.51. The standard InChI is InChI=1S/C14H10N2O3/c15-8-10-4-6-12(7-5-10)19-9-11-2-1-3-13(16-11)14(17)18/h1-7H,9H2,(H,17,18). The van der Waals surface area contributed by atoms with Crippen molar-refractivity contribution in [3.8, 4) is 11.8 Å². The first kappa shape index (κ1) is 12.6. The van der Waals surface area contributed by atoms with Crippen molar-refractivity contribution in [3.05, 3.63) is 59.4 Å². The number of nitriles is 1. The highest BCUT2D eigenvalue weighted by Gasteiger charge is 2.05. The first-order chi connectivity index (χ1) is 9.19. The van der Waals surface area contributed by atoms with Gasteiger partial charge in [0.2, 0.25) is 0 Å². The van der Waals surface area contributed by atoms with Crippen LogP contribution in [0.3, 0.4) is 0 Å². The zero-order valence-corrected chi connectivity index (χ0v) is 9.91. The van der Waals surface area contributed by atoms with Crippen LogP contribution in [0.5, 0.6) is 5.75 Å². The summed E-state index contributed by atoms with van der Waals surface area (Å²) in [5.74, 6) is -0.471. The number of carbonyl (C=O) groups is 1. The predicted octanol–water partition coefficient (Wildman–Crippen LogP) is 2.23. The molecule has 1 N–H and O–H groups in total. The number of rotatable bonds is 4.